The first-order valence-corrected chi connectivity index (χ1v) is 12.1. The molecule has 0 aliphatic heterocycles. The molecule has 0 saturated carbocycles. The number of hydrogen-bond donors (Lipinski definition) is 1. The number of carbonyl (C=O) groups excluding carboxylic acids is 1. The van der Waals surface area contributed by atoms with E-state index in [1.807, 2.05) is 48.5 Å². The number of hydrogen-bond acceptors (Lipinski definition) is 5. The number of carbonyl (C=O) groups is 1. The van der Waals surface area contributed by atoms with Gasteiger partial charge in [-0.15, -0.1) is 0 Å². The number of nitrogens with one attached hydrogen (secondary N) is 1. The molecule has 1 N–H and O–H groups in total. The number of aryl methyl sites for hydroxylation is 2. The molecular weight excluding hydrogens is 454 g/mol. The van der Waals surface area contributed by atoms with E-state index in [0.29, 0.717) is 37.6 Å². The number of amides is 1. The molecule has 1 aromatic heterocycles. The molecule has 36 heavy (non-hydrogen) atoms. The van der Waals surface area contributed by atoms with Crippen molar-refractivity contribution in [3.8, 4) is 17.2 Å². The van der Waals surface area contributed by atoms with Crippen LogP contribution in [0.1, 0.15) is 22.5 Å². The van der Waals surface area contributed by atoms with E-state index in [-0.39, 0.29) is 12.3 Å². The maximum absolute atomic E-state index is 12.6. The predicted octanol–water partition coefficient (Wildman–Crippen LogP) is 4.65. The molecule has 1 amide bonds. The first kappa shape index (κ1) is 25.1. The Balaban J connectivity index is 1.37. The Morgan fingerprint density at radius 3 is 2.44 bits per heavy atom. The zero-order chi connectivity index (χ0) is 25.5. The van der Waals surface area contributed by atoms with Gasteiger partial charge in [-0.2, -0.15) is 0 Å². The number of rotatable bonds is 11. The number of benzene rings is 3. The Kier molecular flexibility index (Phi) is 8.10. The maximum Gasteiger partial charge on any atom is 0.224 e. The molecule has 0 unspecified atom stereocenters. The smallest absolute Gasteiger partial charge is 0.224 e. The van der Waals surface area contributed by atoms with Crippen molar-refractivity contribution >= 4 is 16.9 Å². The highest BCUT2D eigenvalue weighted by Crippen LogP contribution is 2.27. The van der Waals surface area contributed by atoms with Crippen molar-refractivity contribution in [1.82, 2.24) is 14.9 Å². The third-order valence-corrected chi connectivity index (χ3v) is 6.00. The van der Waals surface area contributed by atoms with Crippen LogP contribution < -0.4 is 19.5 Å². The lowest BCUT2D eigenvalue weighted by atomic mass is 10.1. The Bertz CT molecular complexity index is 1330. The molecule has 3 aromatic carbocycles. The van der Waals surface area contributed by atoms with Crippen LogP contribution >= 0.6 is 0 Å². The van der Waals surface area contributed by atoms with Gasteiger partial charge in [-0.25, -0.2) is 4.98 Å². The highest BCUT2D eigenvalue weighted by atomic mass is 16.5. The van der Waals surface area contributed by atoms with E-state index in [1.54, 1.807) is 14.2 Å². The average molecular weight is 488 g/mol. The summed E-state index contributed by atoms with van der Waals surface area (Å²) in [7, 11) is 3.17. The lowest BCUT2D eigenvalue weighted by molar-refractivity contribution is -0.120. The number of aromatic nitrogens is 2. The predicted molar refractivity (Wildman–Crippen MR) is 141 cm³/mol. The molecule has 188 valence electrons. The quantitative estimate of drug-likeness (QED) is 0.333. The Morgan fingerprint density at radius 1 is 0.944 bits per heavy atom. The summed E-state index contributed by atoms with van der Waals surface area (Å²) in [6.45, 7) is 5.83. The number of methoxy groups -OCH3 is 2. The molecule has 0 radical (unpaired) electrons. The zero-order valence-electron chi connectivity index (χ0n) is 21.3. The summed E-state index contributed by atoms with van der Waals surface area (Å²) in [6.07, 6.45) is 0.885. The normalized spacial score (nSPS) is 10.9. The van der Waals surface area contributed by atoms with E-state index in [0.717, 1.165) is 28.2 Å². The molecule has 1 heterocycles. The first-order valence-electron chi connectivity index (χ1n) is 12.1. The second kappa shape index (κ2) is 11.6. The van der Waals surface area contributed by atoms with Crippen molar-refractivity contribution in [1.29, 1.82) is 0 Å². The second-order valence-electron chi connectivity index (χ2n) is 8.81. The number of nitrogens with zero attached hydrogens (tertiary/aromatic N) is 2. The average Bonchev–Trinajstić information content (AvgIpc) is 3.20. The summed E-state index contributed by atoms with van der Waals surface area (Å²) in [6, 6.07) is 19.8. The second-order valence-corrected chi connectivity index (χ2v) is 8.81. The van der Waals surface area contributed by atoms with Gasteiger partial charge in [0.15, 0.2) is 11.5 Å². The number of para-hydroxylation sites is 2. The van der Waals surface area contributed by atoms with Crippen molar-refractivity contribution < 1.29 is 19.0 Å². The summed E-state index contributed by atoms with van der Waals surface area (Å²) in [5.74, 6) is 3.00. The van der Waals surface area contributed by atoms with E-state index in [1.165, 1.54) is 11.1 Å². The van der Waals surface area contributed by atoms with Crippen LogP contribution in [0, 0.1) is 13.8 Å². The summed E-state index contributed by atoms with van der Waals surface area (Å²) in [4.78, 5) is 17.4. The molecular formula is C29H33N3O4. The van der Waals surface area contributed by atoms with Crippen LogP contribution in [0.3, 0.4) is 0 Å². The minimum atomic E-state index is -0.0527. The molecule has 0 aliphatic rings. The van der Waals surface area contributed by atoms with Gasteiger partial charge in [0.05, 0.1) is 38.2 Å². The van der Waals surface area contributed by atoms with Crippen LogP contribution in [-0.4, -0.2) is 42.8 Å². The minimum absolute atomic E-state index is 0.0527. The van der Waals surface area contributed by atoms with E-state index >= 15 is 0 Å². The molecule has 7 heteroatoms. The SMILES string of the molecule is COc1ccc(CC(=O)NCCc2nc3ccccc3n2CCOc2cc(C)cc(C)c2)cc1OC. The molecule has 4 aromatic rings. The summed E-state index contributed by atoms with van der Waals surface area (Å²) in [5.41, 5.74) is 5.23. The molecule has 0 spiro atoms. The largest absolute Gasteiger partial charge is 0.493 e. The van der Waals surface area contributed by atoms with Crippen LogP contribution in [-0.2, 0) is 24.2 Å². The lowest BCUT2D eigenvalue weighted by Crippen LogP contribution is -2.28. The van der Waals surface area contributed by atoms with E-state index in [9.17, 15) is 4.79 Å². The van der Waals surface area contributed by atoms with Crippen molar-refractivity contribution in [2.75, 3.05) is 27.4 Å². The van der Waals surface area contributed by atoms with Gasteiger partial charge in [0.25, 0.3) is 0 Å². The molecule has 0 atom stereocenters. The van der Waals surface area contributed by atoms with E-state index in [4.69, 9.17) is 19.2 Å². The summed E-state index contributed by atoms with van der Waals surface area (Å²) >= 11 is 0. The van der Waals surface area contributed by atoms with Crippen LogP contribution in [0.25, 0.3) is 11.0 Å². The highest BCUT2D eigenvalue weighted by molar-refractivity contribution is 5.79. The molecule has 0 aliphatic carbocycles. The Morgan fingerprint density at radius 2 is 1.69 bits per heavy atom. The van der Waals surface area contributed by atoms with Crippen LogP contribution in [0.2, 0.25) is 0 Å². The van der Waals surface area contributed by atoms with Gasteiger partial charge in [0.1, 0.15) is 18.2 Å². The van der Waals surface area contributed by atoms with Gasteiger partial charge in [0.2, 0.25) is 5.91 Å². The van der Waals surface area contributed by atoms with E-state index in [2.05, 4.69) is 35.9 Å². The third kappa shape index (κ3) is 6.16. The minimum Gasteiger partial charge on any atom is -0.493 e. The third-order valence-electron chi connectivity index (χ3n) is 6.00. The topological polar surface area (TPSA) is 74.6 Å². The Labute approximate surface area is 212 Å². The van der Waals surface area contributed by atoms with Crippen LogP contribution in [0.4, 0.5) is 0 Å². The molecule has 7 nitrogen and oxygen atoms in total. The fourth-order valence-electron chi connectivity index (χ4n) is 4.39. The van der Waals surface area contributed by atoms with Crippen molar-refractivity contribution in [3.63, 3.8) is 0 Å². The number of fused-ring (bicyclic) bond motifs is 1. The maximum atomic E-state index is 12.6. The van der Waals surface area contributed by atoms with Gasteiger partial charge in [-0.05, 0) is 66.9 Å². The van der Waals surface area contributed by atoms with E-state index < -0.39 is 0 Å². The fourth-order valence-corrected chi connectivity index (χ4v) is 4.39. The number of imidazole rings is 1. The van der Waals surface area contributed by atoms with Gasteiger partial charge in [0, 0.05) is 13.0 Å². The first-order chi connectivity index (χ1) is 17.5. The highest BCUT2D eigenvalue weighted by Gasteiger charge is 2.12. The zero-order valence-corrected chi connectivity index (χ0v) is 21.3. The molecule has 0 fully saturated rings. The van der Waals surface area contributed by atoms with Gasteiger partial charge < -0.3 is 24.1 Å². The van der Waals surface area contributed by atoms with Gasteiger partial charge in [-0.1, -0.05) is 24.3 Å². The molecule has 4 rings (SSSR count). The summed E-state index contributed by atoms with van der Waals surface area (Å²) in [5, 5.41) is 3.02. The Hall–Kier alpha value is -4.00. The van der Waals surface area contributed by atoms with Crippen molar-refractivity contribution in [2.45, 2.75) is 33.2 Å². The van der Waals surface area contributed by atoms with Crippen molar-refractivity contribution in [3.05, 3.63) is 83.2 Å². The molecule has 0 saturated heterocycles. The molecule has 0 bridgehead atoms. The number of ether oxygens (including phenoxy) is 3. The summed E-state index contributed by atoms with van der Waals surface area (Å²) < 4.78 is 18.8. The van der Waals surface area contributed by atoms with Gasteiger partial charge >= 0.3 is 0 Å². The fraction of sp³-hybridized carbons (Fsp3) is 0.310. The standard InChI is InChI=1S/C29H33N3O4/c1-20-15-21(2)17-23(16-20)36-14-13-32-25-8-6-5-7-24(25)31-28(32)11-12-30-29(33)19-22-9-10-26(34-3)27(18-22)35-4/h5-10,15-18H,11-14,19H2,1-4H3,(H,30,33). The van der Waals surface area contributed by atoms with Crippen LogP contribution in [0.15, 0.2) is 60.7 Å². The monoisotopic (exact) mass is 487 g/mol. The lowest BCUT2D eigenvalue weighted by Gasteiger charge is -2.12. The van der Waals surface area contributed by atoms with Crippen LogP contribution in [0.5, 0.6) is 17.2 Å². The van der Waals surface area contributed by atoms with Crippen molar-refractivity contribution in [2.24, 2.45) is 0 Å². The van der Waals surface area contributed by atoms with Gasteiger partial charge in [-0.3, -0.25) is 4.79 Å².